The summed E-state index contributed by atoms with van der Waals surface area (Å²) in [5.74, 6) is 1.41. The molecule has 1 amide bonds. The highest BCUT2D eigenvalue weighted by molar-refractivity contribution is 5.80. The molecule has 0 saturated carbocycles. The Morgan fingerprint density at radius 2 is 2.17 bits per heavy atom. The molecule has 0 spiro atoms. The summed E-state index contributed by atoms with van der Waals surface area (Å²) in [7, 11) is 3.21. The first-order chi connectivity index (χ1) is 11.2. The van der Waals surface area contributed by atoms with E-state index >= 15 is 0 Å². The quantitative estimate of drug-likeness (QED) is 0.614. The highest BCUT2D eigenvalue weighted by atomic mass is 16.5. The summed E-state index contributed by atoms with van der Waals surface area (Å²) in [6, 6.07) is 7.85. The van der Waals surface area contributed by atoms with Crippen LogP contribution in [-0.2, 0) is 11.2 Å². The molecule has 0 aliphatic carbocycles. The molecule has 0 atom stereocenters. The van der Waals surface area contributed by atoms with Gasteiger partial charge in [-0.1, -0.05) is 6.07 Å². The third-order valence-corrected chi connectivity index (χ3v) is 3.72. The molecule has 1 aromatic rings. The molecule has 2 rings (SSSR count). The van der Waals surface area contributed by atoms with E-state index in [2.05, 4.69) is 11.4 Å². The Morgan fingerprint density at radius 1 is 1.39 bits per heavy atom. The van der Waals surface area contributed by atoms with E-state index in [4.69, 9.17) is 14.7 Å². The van der Waals surface area contributed by atoms with Crippen molar-refractivity contribution in [1.29, 1.82) is 5.26 Å². The Hall–Kier alpha value is -2.68. The number of nitrogens with one attached hydrogen (secondary N) is 1. The Labute approximate surface area is 136 Å². The number of carbonyl (C=O) groups excluding carboxylic acids is 1. The summed E-state index contributed by atoms with van der Waals surface area (Å²) < 4.78 is 10.5. The summed E-state index contributed by atoms with van der Waals surface area (Å²) in [4.78, 5) is 13.2. The summed E-state index contributed by atoms with van der Waals surface area (Å²) >= 11 is 0. The minimum atomic E-state index is 0.0134. The smallest absolute Gasteiger partial charge is 0.227 e. The van der Waals surface area contributed by atoms with Crippen molar-refractivity contribution < 1.29 is 14.3 Å². The van der Waals surface area contributed by atoms with E-state index in [1.807, 2.05) is 18.2 Å². The lowest BCUT2D eigenvalue weighted by Crippen LogP contribution is -2.25. The monoisotopic (exact) mass is 315 g/mol. The molecule has 23 heavy (non-hydrogen) atoms. The van der Waals surface area contributed by atoms with Crippen molar-refractivity contribution in [2.24, 2.45) is 0 Å². The number of methoxy groups -OCH3 is 2. The molecule has 0 unspecified atom stereocenters. The Balaban J connectivity index is 1.90. The topological polar surface area (TPSA) is 74.6 Å². The zero-order chi connectivity index (χ0) is 16.7. The minimum Gasteiger partial charge on any atom is -0.493 e. The predicted octanol–water partition coefficient (Wildman–Crippen LogP) is 1.82. The first-order valence-corrected chi connectivity index (χ1v) is 7.54. The van der Waals surface area contributed by atoms with E-state index in [9.17, 15) is 4.79 Å². The first kappa shape index (κ1) is 16.7. The summed E-state index contributed by atoms with van der Waals surface area (Å²) in [5, 5.41) is 12.3. The van der Waals surface area contributed by atoms with E-state index in [0.717, 1.165) is 18.4 Å². The van der Waals surface area contributed by atoms with Gasteiger partial charge in [-0.25, -0.2) is 0 Å². The van der Waals surface area contributed by atoms with Crippen LogP contribution in [0.5, 0.6) is 11.5 Å². The maximum Gasteiger partial charge on any atom is 0.227 e. The van der Waals surface area contributed by atoms with Gasteiger partial charge in [0.1, 0.15) is 11.8 Å². The van der Waals surface area contributed by atoms with Gasteiger partial charge in [-0.15, -0.1) is 0 Å². The SMILES string of the molecule is COc1ccc(CCN/C=C(\C#N)N2CCCC2=O)cc1OC. The van der Waals surface area contributed by atoms with Gasteiger partial charge in [0.25, 0.3) is 0 Å². The van der Waals surface area contributed by atoms with Crippen molar-refractivity contribution in [2.45, 2.75) is 19.3 Å². The Morgan fingerprint density at radius 3 is 2.78 bits per heavy atom. The van der Waals surface area contributed by atoms with Crippen LogP contribution in [0.15, 0.2) is 30.1 Å². The first-order valence-electron chi connectivity index (χ1n) is 7.54. The van der Waals surface area contributed by atoms with E-state index < -0.39 is 0 Å². The number of rotatable bonds is 7. The average Bonchev–Trinajstić information content (AvgIpc) is 3.00. The summed E-state index contributed by atoms with van der Waals surface area (Å²) in [6.07, 6.45) is 3.71. The predicted molar refractivity (Wildman–Crippen MR) is 85.9 cm³/mol. The van der Waals surface area contributed by atoms with Gasteiger partial charge in [-0.2, -0.15) is 5.26 Å². The third-order valence-electron chi connectivity index (χ3n) is 3.72. The van der Waals surface area contributed by atoms with Crippen molar-refractivity contribution in [3.8, 4) is 17.6 Å². The zero-order valence-corrected chi connectivity index (χ0v) is 13.5. The van der Waals surface area contributed by atoms with Gasteiger partial charge in [0.2, 0.25) is 5.91 Å². The maximum atomic E-state index is 11.6. The van der Waals surface area contributed by atoms with Gasteiger partial charge in [-0.3, -0.25) is 4.79 Å². The maximum absolute atomic E-state index is 11.6. The molecular formula is C17H21N3O3. The van der Waals surface area contributed by atoms with Crippen LogP contribution >= 0.6 is 0 Å². The average molecular weight is 315 g/mol. The van der Waals surface area contributed by atoms with Gasteiger partial charge in [0.15, 0.2) is 11.5 Å². The van der Waals surface area contributed by atoms with Crippen molar-refractivity contribution in [1.82, 2.24) is 10.2 Å². The van der Waals surface area contributed by atoms with E-state index in [1.165, 1.54) is 4.90 Å². The lowest BCUT2D eigenvalue weighted by molar-refractivity contribution is -0.125. The highest BCUT2D eigenvalue weighted by Crippen LogP contribution is 2.27. The fraction of sp³-hybridized carbons (Fsp3) is 0.412. The van der Waals surface area contributed by atoms with Gasteiger partial charge in [0, 0.05) is 25.7 Å². The highest BCUT2D eigenvalue weighted by Gasteiger charge is 2.23. The third kappa shape index (κ3) is 4.16. The lowest BCUT2D eigenvalue weighted by Gasteiger charge is -2.14. The fourth-order valence-corrected chi connectivity index (χ4v) is 2.49. The van der Waals surface area contributed by atoms with Crippen LogP contribution < -0.4 is 14.8 Å². The van der Waals surface area contributed by atoms with Gasteiger partial charge in [-0.05, 0) is 30.5 Å². The van der Waals surface area contributed by atoms with Gasteiger partial charge in [0.05, 0.1) is 14.2 Å². The number of nitrogens with zero attached hydrogens (tertiary/aromatic N) is 2. The van der Waals surface area contributed by atoms with Crippen LogP contribution in [0.3, 0.4) is 0 Å². The minimum absolute atomic E-state index is 0.0134. The molecule has 1 aliphatic heterocycles. The van der Waals surface area contributed by atoms with Crippen molar-refractivity contribution in [3.63, 3.8) is 0 Å². The van der Waals surface area contributed by atoms with Crippen LogP contribution in [0, 0.1) is 11.3 Å². The number of ether oxygens (including phenoxy) is 2. The number of hydrogen-bond donors (Lipinski definition) is 1. The van der Waals surface area contributed by atoms with Crippen molar-refractivity contribution >= 4 is 5.91 Å². The molecule has 6 heteroatoms. The standard InChI is InChI=1S/C17H21N3O3/c1-22-15-6-5-13(10-16(15)23-2)7-8-19-12-14(11-18)20-9-3-4-17(20)21/h5-6,10,12,19H,3-4,7-9H2,1-2H3/b14-12+. The molecule has 0 radical (unpaired) electrons. The molecule has 1 aromatic carbocycles. The summed E-state index contributed by atoms with van der Waals surface area (Å²) in [5.41, 5.74) is 1.47. The molecule has 1 saturated heterocycles. The fourth-order valence-electron chi connectivity index (χ4n) is 2.49. The molecule has 0 aromatic heterocycles. The van der Waals surface area contributed by atoms with Gasteiger partial charge < -0.3 is 19.7 Å². The number of amides is 1. The Kier molecular flexibility index (Phi) is 5.87. The molecule has 0 bridgehead atoms. The second kappa shape index (κ2) is 8.08. The van der Waals surface area contributed by atoms with Crippen LogP contribution in [0.1, 0.15) is 18.4 Å². The molecule has 1 fully saturated rings. The van der Waals surface area contributed by atoms with E-state index in [0.29, 0.717) is 36.7 Å². The molecule has 6 nitrogen and oxygen atoms in total. The second-order valence-corrected chi connectivity index (χ2v) is 5.18. The second-order valence-electron chi connectivity index (χ2n) is 5.18. The van der Waals surface area contributed by atoms with Crippen LogP contribution in [0.2, 0.25) is 0 Å². The zero-order valence-electron chi connectivity index (χ0n) is 13.5. The van der Waals surface area contributed by atoms with E-state index in [1.54, 1.807) is 20.4 Å². The number of hydrogen-bond acceptors (Lipinski definition) is 5. The molecule has 1 aliphatic rings. The van der Waals surface area contributed by atoms with Crippen molar-refractivity contribution in [3.05, 3.63) is 35.7 Å². The summed E-state index contributed by atoms with van der Waals surface area (Å²) in [6.45, 7) is 1.28. The number of nitriles is 1. The molecule has 1 heterocycles. The largest absolute Gasteiger partial charge is 0.493 e. The normalized spacial score (nSPS) is 14.6. The number of allylic oxidation sites excluding steroid dienone is 1. The van der Waals surface area contributed by atoms with Crippen LogP contribution in [0.25, 0.3) is 0 Å². The van der Waals surface area contributed by atoms with Crippen molar-refractivity contribution in [2.75, 3.05) is 27.3 Å². The van der Waals surface area contributed by atoms with E-state index in [-0.39, 0.29) is 5.91 Å². The van der Waals surface area contributed by atoms with Crippen LogP contribution in [0.4, 0.5) is 0 Å². The number of carbonyl (C=O) groups is 1. The molecule has 1 N–H and O–H groups in total. The van der Waals surface area contributed by atoms with Gasteiger partial charge >= 0.3 is 0 Å². The van der Waals surface area contributed by atoms with Crippen LogP contribution in [-0.4, -0.2) is 38.1 Å². The number of likely N-dealkylation sites (tertiary alicyclic amines) is 1. The molecule has 122 valence electrons. The lowest BCUT2D eigenvalue weighted by atomic mass is 10.1. The molecular weight excluding hydrogens is 294 g/mol. The number of benzene rings is 1. The Bertz CT molecular complexity index is 634.